The number of nitrogens with zero attached hydrogens (tertiary/aromatic N) is 1. The van der Waals surface area contributed by atoms with Crippen LogP contribution < -0.4 is 0 Å². The topological polar surface area (TPSA) is 57.6 Å². The standard InChI is InChI=1S/C14H16F3NO3S/c1-9(2)18(8-7-12(19)20)13(21)10-3-5-11(6-4-10)22-14(15,16)17/h3-6,9H,7-8H2,1-2H3,(H,19,20). The third kappa shape index (κ3) is 5.97. The van der Waals surface area contributed by atoms with E-state index in [1.54, 1.807) is 13.8 Å². The van der Waals surface area contributed by atoms with Crippen molar-refractivity contribution >= 4 is 23.6 Å². The number of hydrogen-bond donors (Lipinski definition) is 1. The Morgan fingerprint density at radius 1 is 1.23 bits per heavy atom. The number of hydrogen-bond acceptors (Lipinski definition) is 3. The lowest BCUT2D eigenvalue weighted by Crippen LogP contribution is -2.38. The van der Waals surface area contributed by atoms with Gasteiger partial charge in [-0.05, 0) is 49.9 Å². The Hall–Kier alpha value is -1.70. The summed E-state index contributed by atoms with van der Waals surface area (Å²) in [6, 6.07) is 4.86. The Kier molecular flexibility index (Phi) is 6.28. The van der Waals surface area contributed by atoms with Crippen LogP contribution in [0.1, 0.15) is 30.6 Å². The van der Waals surface area contributed by atoms with Crippen molar-refractivity contribution in [2.75, 3.05) is 6.54 Å². The van der Waals surface area contributed by atoms with Crippen molar-refractivity contribution in [2.24, 2.45) is 0 Å². The summed E-state index contributed by atoms with van der Waals surface area (Å²) in [5.74, 6) is -1.42. The van der Waals surface area contributed by atoms with Crippen molar-refractivity contribution < 1.29 is 27.9 Å². The Morgan fingerprint density at radius 2 is 1.77 bits per heavy atom. The Balaban J connectivity index is 2.84. The Morgan fingerprint density at radius 3 is 2.18 bits per heavy atom. The molecule has 1 N–H and O–H groups in total. The highest BCUT2D eigenvalue weighted by Crippen LogP contribution is 2.36. The summed E-state index contributed by atoms with van der Waals surface area (Å²) >= 11 is -0.253. The number of carboxylic acids is 1. The molecule has 0 saturated carbocycles. The molecule has 0 saturated heterocycles. The third-order valence-corrected chi connectivity index (χ3v) is 3.52. The zero-order valence-electron chi connectivity index (χ0n) is 12.1. The molecule has 0 heterocycles. The van der Waals surface area contributed by atoms with Crippen molar-refractivity contribution in [3.05, 3.63) is 29.8 Å². The van der Waals surface area contributed by atoms with E-state index in [1.165, 1.54) is 29.2 Å². The van der Waals surface area contributed by atoms with Crippen LogP contribution in [0.15, 0.2) is 29.2 Å². The van der Waals surface area contributed by atoms with Gasteiger partial charge < -0.3 is 10.0 Å². The maximum atomic E-state index is 12.3. The molecule has 0 fully saturated rings. The van der Waals surface area contributed by atoms with Gasteiger partial charge in [-0.3, -0.25) is 9.59 Å². The fraction of sp³-hybridized carbons (Fsp3) is 0.429. The van der Waals surface area contributed by atoms with E-state index in [0.29, 0.717) is 0 Å². The largest absolute Gasteiger partial charge is 0.481 e. The first-order chi connectivity index (χ1) is 10.1. The Bertz CT molecular complexity index is 529. The average Bonchev–Trinajstić information content (AvgIpc) is 2.36. The van der Waals surface area contributed by atoms with Gasteiger partial charge in [0.2, 0.25) is 0 Å². The lowest BCUT2D eigenvalue weighted by molar-refractivity contribution is -0.137. The fourth-order valence-corrected chi connectivity index (χ4v) is 2.31. The van der Waals surface area contributed by atoms with Gasteiger partial charge in [0.05, 0.1) is 6.42 Å². The number of carbonyl (C=O) groups is 2. The van der Waals surface area contributed by atoms with Crippen LogP contribution in [-0.4, -0.2) is 40.0 Å². The van der Waals surface area contributed by atoms with Crippen molar-refractivity contribution in [1.82, 2.24) is 4.90 Å². The minimum Gasteiger partial charge on any atom is -0.481 e. The smallest absolute Gasteiger partial charge is 0.446 e. The number of alkyl halides is 3. The van der Waals surface area contributed by atoms with E-state index in [2.05, 4.69) is 0 Å². The number of carbonyl (C=O) groups excluding carboxylic acids is 1. The molecule has 8 heteroatoms. The van der Waals surface area contributed by atoms with Gasteiger partial charge >= 0.3 is 11.5 Å². The van der Waals surface area contributed by atoms with Crippen molar-refractivity contribution in [3.8, 4) is 0 Å². The highest BCUT2D eigenvalue weighted by Gasteiger charge is 2.29. The number of aliphatic carboxylic acids is 1. The quantitative estimate of drug-likeness (QED) is 0.807. The predicted octanol–water partition coefficient (Wildman–Crippen LogP) is 3.62. The summed E-state index contributed by atoms with van der Waals surface area (Å²) < 4.78 is 36.7. The van der Waals surface area contributed by atoms with Crippen molar-refractivity contribution in [3.63, 3.8) is 0 Å². The molecule has 1 amide bonds. The van der Waals surface area contributed by atoms with E-state index in [0.717, 1.165) is 0 Å². The van der Waals surface area contributed by atoms with Crippen LogP contribution in [0.2, 0.25) is 0 Å². The molecule has 0 aromatic heterocycles. The van der Waals surface area contributed by atoms with Crippen LogP contribution in [0.25, 0.3) is 0 Å². The molecule has 0 spiro atoms. The monoisotopic (exact) mass is 335 g/mol. The Labute approximate surface area is 130 Å². The van der Waals surface area contributed by atoms with Crippen LogP contribution in [0, 0.1) is 0 Å². The average molecular weight is 335 g/mol. The number of halogens is 3. The first-order valence-electron chi connectivity index (χ1n) is 6.48. The molecule has 4 nitrogen and oxygen atoms in total. The van der Waals surface area contributed by atoms with Gasteiger partial charge in [0.15, 0.2) is 0 Å². The number of amides is 1. The number of carboxylic acid groups (broad SMARTS) is 1. The summed E-state index contributed by atoms with van der Waals surface area (Å²) in [7, 11) is 0. The lowest BCUT2D eigenvalue weighted by atomic mass is 10.1. The molecule has 0 aliphatic carbocycles. The summed E-state index contributed by atoms with van der Waals surface area (Å²) in [4.78, 5) is 24.3. The molecule has 0 aliphatic heterocycles. The molecule has 22 heavy (non-hydrogen) atoms. The SMILES string of the molecule is CC(C)N(CCC(=O)O)C(=O)c1ccc(SC(F)(F)F)cc1. The van der Waals surface area contributed by atoms with E-state index in [1.807, 2.05) is 0 Å². The highest BCUT2D eigenvalue weighted by atomic mass is 32.2. The second kappa shape index (κ2) is 7.53. The molecule has 122 valence electrons. The van der Waals surface area contributed by atoms with Gasteiger partial charge in [0.1, 0.15) is 0 Å². The van der Waals surface area contributed by atoms with E-state index in [4.69, 9.17) is 5.11 Å². The summed E-state index contributed by atoms with van der Waals surface area (Å²) in [5.41, 5.74) is -4.15. The zero-order chi connectivity index (χ0) is 16.9. The second-order valence-corrected chi connectivity index (χ2v) is 5.95. The van der Waals surface area contributed by atoms with Crippen molar-refractivity contribution in [1.29, 1.82) is 0 Å². The highest BCUT2D eigenvalue weighted by molar-refractivity contribution is 8.00. The molecule has 1 rings (SSSR count). The minimum absolute atomic E-state index is 0.00863. The third-order valence-electron chi connectivity index (χ3n) is 2.79. The zero-order valence-corrected chi connectivity index (χ0v) is 12.9. The number of benzene rings is 1. The minimum atomic E-state index is -4.38. The molecule has 1 aromatic rings. The van der Waals surface area contributed by atoms with Crippen LogP contribution in [-0.2, 0) is 4.79 Å². The van der Waals surface area contributed by atoms with Gasteiger partial charge in [0.25, 0.3) is 5.91 Å². The summed E-state index contributed by atoms with van der Waals surface area (Å²) in [6.07, 6.45) is -0.189. The van der Waals surface area contributed by atoms with E-state index < -0.39 is 17.4 Å². The first-order valence-corrected chi connectivity index (χ1v) is 7.30. The van der Waals surface area contributed by atoms with Gasteiger partial charge in [-0.2, -0.15) is 13.2 Å². The number of thioether (sulfide) groups is 1. The van der Waals surface area contributed by atoms with Crippen LogP contribution in [0.4, 0.5) is 13.2 Å². The summed E-state index contributed by atoms with van der Waals surface area (Å²) in [5, 5.41) is 8.69. The molecule has 0 bridgehead atoms. The van der Waals surface area contributed by atoms with Gasteiger partial charge in [-0.25, -0.2) is 0 Å². The number of rotatable bonds is 6. The maximum absolute atomic E-state index is 12.3. The van der Waals surface area contributed by atoms with Gasteiger partial charge in [-0.15, -0.1) is 0 Å². The second-order valence-electron chi connectivity index (χ2n) is 4.81. The first kappa shape index (κ1) is 18.3. The molecular formula is C14H16F3NO3S. The summed E-state index contributed by atoms with van der Waals surface area (Å²) in [6.45, 7) is 3.53. The molecule has 1 aromatic carbocycles. The predicted molar refractivity (Wildman–Crippen MR) is 76.8 cm³/mol. The normalized spacial score (nSPS) is 11.5. The maximum Gasteiger partial charge on any atom is 0.446 e. The molecular weight excluding hydrogens is 319 g/mol. The molecule has 0 unspecified atom stereocenters. The molecule has 0 aliphatic rings. The molecule has 0 radical (unpaired) electrons. The van der Waals surface area contributed by atoms with Crippen LogP contribution >= 0.6 is 11.8 Å². The van der Waals surface area contributed by atoms with Crippen molar-refractivity contribution in [2.45, 2.75) is 36.7 Å². The fourth-order valence-electron chi connectivity index (χ4n) is 1.78. The van der Waals surface area contributed by atoms with E-state index >= 15 is 0 Å². The van der Waals surface area contributed by atoms with E-state index in [-0.39, 0.29) is 41.2 Å². The van der Waals surface area contributed by atoms with Gasteiger partial charge in [0, 0.05) is 23.0 Å². The van der Waals surface area contributed by atoms with E-state index in [9.17, 15) is 22.8 Å². The van der Waals surface area contributed by atoms with Crippen LogP contribution in [0.5, 0.6) is 0 Å². The molecule has 0 atom stereocenters. The lowest BCUT2D eigenvalue weighted by Gasteiger charge is -2.26. The van der Waals surface area contributed by atoms with Crippen LogP contribution in [0.3, 0.4) is 0 Å². The van der Waals surface area contributed by atoms with Gasteiger partial charge in [-0.1, -0.05) is 0 Å².